The van der Waals surface area contributed by atoms with E-state index in [0.29, 0.717) is 18.0 Å². The van der Waals surface area contributed by atoms with E-state index in [0.717, 1.165) is 45.7 Å². The zero-order valence-corrected chi connectivity index (χ0v) is 19.6. The number of hydrogen-bond donors (Lipinski definition) is 1. The van der Waals surface area contributed by atoms with Gasteiger partial charge in [-0.2, -0.15) is 8.42 Å². The van der Waals surface area contributed by atoms with Crippen LogP contribution in [0, 0.1) is 6.92 Å². The second kappa shape index (κ2) is 9.59. The number of ether oxygens (including phenoxy) is 1. The zero-order valence-electron chi connectivity index (χ0n) is 18.0. The van der Waals surface area contributed by atoms with Crippen LogP contribution in [0.5, 0.6) is 11.7 Å². The number of hydrogen-bond acceptors (Lipinski definition) is 8. The molecule has 0 spiro atoms. The van der Waals surface area contributed by atoms with Crippen LogP contribution in [0.2, 0.25) is 0 Å². The van der Waals surface area contributed by atoms with Crippen LogP contribution in [0.3, 0.4) is 0 Å². The summed E-state index contributed by atoms with van der Waals surface area (Å²) in [6, 6.07) is 14.3. The second-order valence-electron chi connectivity index (χ2n) is 7.28. The Balaban J connectivity index is 1.54. The first-order chi connectivity index (χ1) is 15.9. The summed E-state index contributed by atoms with van der Waals surface area (Å²) in [7, 11) is -4.31. The summed E-state index contributed by atoms with van der Waals surface area (Å²) in [6.07, 6.45) is 2.04. The molecule has 0 unspecified atom stereocenters. The van der Waals surface area contributed by atoms with Crippen LogP contribution in [-0.4, -0.2) is 25.3 Å². The lowest BCUT2D eigenvalue weighted by Gasteiger charge is -2.05. The molecule has 9 nitrogen and oxygen atoms in total. The highest BCUT2D eigenvalue weighted by atomic mass is 32.2. The van der Waals surface area contributed by atoms with Crippen molar-refractivity contribution in [2.24, 2.45) is 0 Å². The molecule has 0 saturated heterocycles. The van der Waals surface area contributed by atoms with E-state index in [4.69, 9.17) is 4.74 Å². The first-order valence-corrected chi connectivity index (χ1v) is 12.6. The number of aromatic nitrogens is 3. The van der Waals surface area contributed by atoms with Crippen LogP contribution in [0.25, 0.3) is 16.9 Å². The van der Waals surface area contributed by atoms with Gasteiger partial charge in [-0.1, -0.05) is 31.0 Å². The van der Waals surface area contributed by atoms with Crippen molar-refractivity contribution >= 4 is 26.5 Å². The summed E-state index contributed by atoms with van der Waals surface area (Å²) in [6.45, 7) is 4.65. The topological polar surface area (TPSA) is 121 Å². The minimum Gasteiger partial charge on any atom is -0.538 e. The Morgan fingerprint density at radius 3 is 2.58 bits per heavy atom. The summed E-state index contributed by atoms with van der Waals surface area (Å²) in [5.74, 6) is -0.307. The van der Waals surface area contributed by atoms with Crippen molar-refractivity contribution in [3.63, 3.8) is 0 Å². The van der Waals surface area contributed by atoms with E-state index in [-0.39, 0.29) is 5.13 Å². The Bertz CT molecular complexity index is 1330. The molecule has 2 heterocycles. The largest absolute Gasteiger partial charge is 0.538 e. The van der Waals surface area contributed by atoms with Gasteiger partial charge in [0.1, 0.15) is 5.75 Å². The van der Waals surface area contributed by atoms with Crippen molar-refractivity contribution < 1.29 is 27.5 Å². The SMILES string of the molecule is CCCCOc1ccc(-c2csc(NS(=O)(=O)c3c([O-])on[n+]3-c3ccc(C)cc3)n2)cc1. The van der Waals surface area contributed by atoms with Gasteiger partial charge in [-0.05, 0) is 42.3 Å². The first kappa shape index (κ1) is 22.7. The maximum absolute atomic E-state index is 13.0. The fraction of sp³-hybridized carbons (Fsp3) is 0.227. The Hall–Kier alpha value is -3.44. The number of benzene rings is 2. The lowest BCUT2D eigenvalue weighted by atomic mass is 10.2. The van der Waals surface area contributed by atoms with Gasteiger partial charge < -0.3 is 14.4 Å². The van der Waals surface area contributed by atoms with E-state index in [9.17, 15) is 13.5 Å². The molecule has 0 aliphatic carbocycles. The minimum atomic E-state index is -4.31. The Labute approximate surface area is 195 Å². The third kappa shape index (κ3) is 5.15. The van der Waals surface area contributed by atoms with Crippen LogP contribution in [0.1, 0.15) is 25.3 Å². The molecule has 2 aromatic heterocycles. The predicted molar refractivity (Wildman–Crippen MR) is 121 cm³/mol. The molecule has 0 atom stereocenters. The van der Waals surface area contributed by atoms with E-state index in [2.05, 4.69) is 26.4 Å². The van der Waals surface area contributed by atoms with E-state index in [1.165, 1.54) is 0 Å². The number of anilines is 1. The monoisotopic (exact) mass is 486 g/mol. The highest BCUT2D eigenvalue weighted by Gasteiger charge is 2.34. The van der Waals surface area contributed by atoms with Gasteiger partial charge in [0.2, 0.25) is 5.69 Å². The van der Waals surface area contributed by atoms with Gasteiger partial charge in [0, 0.05) is 23.1 Å². The molecule has 2 aromatic carbocycles. The summed E-state index contributed by atoms with van der Waals surface area (Å²) in [5, 5.41) is 17.0. The molecule has 33 heavy (non-hydrogen) atoms. The quantitative estimate of drug-likeness (QED) is 0.284. The number of nitrogens with zero attached hydrogens (tertiary/aromatic N) is 3. The molecule has 0 amide bonds. The molecule has 0 aliphatic rings. The maximum Gasteiger partial charge on any atom is 0.373 e. The predicted octanol–water partition coefficient (Wildman–Crippen LogP) is 3.44. The molecule has 4 rings (SSSR count). The average Bonchev–Trinajstić information content (AvgIpc) is 3.41. The molecule has 0 fully saturated rings. The van der Waals surface area contributed by atoms with Gasteiger partial charge >= 0.3 is 15.0 Å². The fourth-order valence-corrected chi connectivity index (χ4v) is 5.07. The molecule has 4 aromatic rings. The lowest BCUT2D eigenvalue weighted by Crippen LogP contribution is -2.40. The molecule has 0 bridgehead atoms. The molecular weight excluding hydrogens is 464 g/mol. The second-order valence-corrected chi connectivity index (χ2v) is 9.74. The summed E-state index contributed by atoms with van der Waals surface area (Å²) in [5.41, 5.74) is 2.76. The fourth-order valence-electron chi connectivity index (χ4n) is 2.99. The Morgan fingerprint density at radius 2 is 1.88 bits per heavy atom. The summed E-state index contributed by atoms with van der Waals surface area (Å²) < 4.78 is 39.6. The smallest absolute Gasteiger partial charge is 0.373 e. The molecule has 0 saturated carbocycles. The normalized spacial score (nSPS) is 11.5. The van der Waals surface area contributed by atoms with Crippen molar-refractivity contribution in [3.05, 3.63) is 59.5 Å². The number of sulfonamides is 1. The van der Waals surface area contributed by atoms with Crippen LogP contribution >= 0.6 is 11.3 Å². The third-order valence-electron chi connectivity index (χ3n) is 4.75. The maximum atomic E-state index is 13.0. The van der Waals surface area contributed by atoms with Gasteiger partial charge in [0.25, 0.3) is 0 Å². The minimum absolute atomic E-state index is 0.115. The van der Waals surface area contributed by atoms with Crippen LogP contribution in [0.15, 0.2) is 63.5 Å². The Kier molecular flexibility index (Phi) is 6.61. The summed E-state index contributed by atoms with van der Waals surface area (Å²) >= 11 is 1.10. The molecule has 0 aliphatic heterocycles. The highest BCUT2D eigenvalue weighted by molar-refractivity contribution is 7.92. The van der Waals surface area contributed by atoms with E-state index < -0.39 is 21.0 Å². The standard InChI is InChI=1S/C22H22N4O5S2/c1-3-4-13-30-18-11-7-16(8-12-18)19-14-32-22(23-19)24-33(28,29)20-21(27)31-25-26(20)17-9-5-15(2)6-10-17/h5-12,14H,3-4,13H2,1-2H3,(H-,23,24,25,27). The zero-order chi connectivity index (χ0) is 23.4. The van der Waals surface area contributed by atoms with Gasteiger partial charge in [0.05, 0.1) is 17.6 Å². The van der Waals surface area contributed by atoms with Crippen molar-refractivity contribution in [2.75, 3.05) is 11.3 Å². The third-order valence-corrected chi connectivity index (χ3v) is 6.95. The molecule has 11 heteroatoms. The summed E-state index contributed by atoms with van der Waals surface area (Å²) in [4.78, 5) is 4.35. The van der Waals surface area contributed by atoms with Crippen molar-refractivity contribution in [1.82, 2.24) is 10.3 Å². The van der Waals surface area contributed by atoms with Crippen LogP contribution in [-0.2, 0) is 10.0 Å². The first-order valence-electron chi connectivity index (χ1n) is 10.2. The number of thiazole rings is 1. The number of rotatable bonds is 9. The van der Waals surface area contributed by atoms with Gasteiger partial charge in [-0.25, -0.2) is 9.71 Å². The van der Waals surface area contributed by atoms with E-state index >= 15 is 0 Å². The average molecular weight is 487 g/mol. The number of nitrogens with one attached hydrogen (secondary N) is 1. The Morgan fingerprint density at radius 1 is 1.15 bits per heavy atom. The van der Waals surface area contributed by atoms with E-state index in [1.54, 1.807) is 29.6 Å². The van der Waals surface area contributed by atoms with Crippen molar-refractivity contribution in [1.29, 1.82) is 0 Å². The van der Waals surface area contributed by atoms with Crippen LogP contribution < -0.4 is 19.2 Å². The van der Waals surface area contributed by atoms with Gasteiger partial charge in [-0.3, -0.25) is 0 Å². The molecule has 0 radical (unpaired) electrons. The van der Waals surface area contributed by atoms with Gasteiger partial charge in [-0.15, -0.1) is 11.3 Å². The number of aryl methyl sites for hydroxylation is 1. The molecule has 1 N–H and O–H groups in total. The lowest BCUT2D eigenvalue weighted by molar-refractivity contribution is -0.706. The van der Waals surface area contributed by atoms with E-state index in [1.807, 2.05) is 31.2 Å². The molecule has 172 valence electrons. The number of unbranched alkanes of at least 4 members (excludes halogenated alkanes) is 1. The van der Waals surface area contributed by atoms with Crippen LogP contribution in [0.4, 0.5) is 5.13 Å². The van der Waals surface area contributed by atoms with Crippen molar-refractivity contribution in [3.8, 4) is 28.6 Å². The van der Waals surface area contributed by atoms with Gasteiger partial charge in [0.15, 0.2) is 11.1 Å². The highest BCUT2D eigenvalue weighted by Crippen LogP contribution is 2.28. The van der Waals surface area contributed by atoms with Crippen molar-refractivity contribution in [2.45, 2.75) is 31.7 Å². The molecular formula is C22H22N4O5S2.